The molecule has 0 aliphatic carbocycles. The predicted octanol–water partition coefficient (Wildman–Crippen LogP) is 1.45. The summed E-state index contributed by atoms with van der Waals surface area (Å²) in [5.41, 5.74) is 0. The van der Waals surface area contributed by atoms with Gasteiger partial charge in [-0.2, -0.15) is 0 Å². The molecule has 0 aromatic carbocycles. The molecule has 2 atom stereocenters. The van der Waals surface area contributed by atoms with Gasteiger partial charge >= 0.3 is 0 Å². The number of amides is 1. The van der Waals surface area contributed by atoms with Crippen LogP contribution in [0.1, 0.15) is 11.3 Å². The molecule has 2 aliphatic heterocycles. The van der Waals surface area contributed by atoms with Crippen molar-refractivity contribution in [3.05, 3.63) is 22.4 Å². The second-order valence-corrected chi connectivity index (χ2v) is 7.69. The standard InChI is InChI=1S/C17H26FN3O2S/c1-19(17(22)13-20-4-6-23-7-5-20)11-15-9-14(18)10-21(15)12-16-3-2-8-24-16/h2-3,8,14-15H,4-7,9-13H2,1H3/t14-,15-/m0/s1. The Labute approximate surface area is 147 Å². The number of halogens is 1. The largest absolute Gasteiger partial charge is 0.379 e. The van der Waals surface area contributed by atoms with Gasteiger partial charge in [0.15, 0.2) is 0 Å². The molecule has 1 aromatic rings. The Bertz CT molecular complexity index is 522. The minimum Gasteiger partial charge on any atom is -0.379 e. The van der Waals surface area contributed by atoms with E-state index >= 15 is 0 Å². The Morgan fingerprint density at radius 1 is 1.46 bits per heavy atom. The van der Waals surface area contributed by atoms with Gasteiger partial charge in [0.2, 0.25) is 5.91 Å². The molecular formula is C17H26FN3O2S. The zero-order chi connectivity index (χ0) is 16.9. The molecule has 0 bridgehead atoms. The molecule has 1 amide bonds. The molecule has 0 saturated carbocycles. The van der Waals surface area contributed by atoms with Crippen molar-refractivity contribution >= 4 is 17.2 Å². The number of rotatable bonds is 6. The maximum absolute atomic E-state index is 13.9. The Hall–Kier alpha value is -1.02. The molecule has 134 valence electrons. The summed E-state index contributed by atoms with van der Waals surface area (Å²) < 4.78 is 19.2. The van der Waals surface area contributed by atoms with E-state index in [9.17, 15) is 9.18 Å². The summed E-state index contributed by atoms with van der Waals surface area (Å²) in [6, 6.07) is 4.21. The highest BCUT2D eigenvalue weighted by Gasteiger charge is 2.33. The lowest BCUT2D eigenvalue weighted by Gasteiger charge is -2.31. The summed E-state index contributed by atoms with van der Waals surface area (Å²) in [6.07, 6.45) is -0.279. The summed E-state index contributed by atoms with van der Waals surface area (Å²) in [4.78, 5) is 19.7. The van der Waals surface area contributed by atoms with Gasteiger partial charge in [-0.25, -0.2) is 4.39 Å². The third kappa shape index (κ3) is 4.75. The number of likely N-dealkylation sites (tertiary alicyclic amines) is 1. The second kappa shape index (κ2) is 8.38. The van der Waals surface area contributed by atoms with Crippen molar-refractivity contribution in [2.75, 3.05) is 53.0 Å². The molecule has 2 aliphatic rings. The molecule has 7 heteroatoms. The van der Waals surface area contributed by atoms with Crippen molar-refractivity contribution in [1.82, 2.24) is 14.7 Å². The number of hydrogen-bond donors (Lipinski definition) is 0. The van der Waals surface area contributed by atoms with Crippen LogP contribution in [0, 0.1) is 0 Å². The number of nitrogens with zero attached hydrogens (tertiary/aromatic N) is 3. The number of ether oxygens (including phenoxy) is 1. The lowest BCUT2D eigenvalue weighted by atomic mass is 10.2. The van der Waals surface area contributed by atoms with Crippen LogP contribution in [-0.4, -0.2) is 85.8 Å². The number of carbonyl (C=O) groups is 1. The van der Waals surface area contributed by atoms with Gasteiger partial charge in [-0.3, -0.25) is 14.6 Å². The zero-order valence-corrected chi connectivity index (χ0v) is 15.0. The molecule has 1 aromatic heterocycles. The van der Waals surface area contributed by atoms with Gasteiger partial charge < -0.3 is 9.64 Å². The van der Waals surface area contributed by atoms with Gasteiger partial charge in [0, 0.05) is 50.7 Å². The van der Waals surface area contributed by atoms with Crippen LogP contribution in [-0.2, 0) is 16.1 Å². The normalized spacial score (nSPS) is 25.9. The molecule has 0 spiro atoms. The molecular weight excluding hydrogens is 329 g/mol. The Morgan fingerprint density at radius 2 is 2.25 bits per heavy atom. The Balaban J connectivity index is 1.51. The summed E-state index contributed by atoms with van der Waals surface area (Å²) in [6.45, 7) is 5.25. The zero-order valence-electron chi connectivity index (χ0n) is 14.2. The first-order chi connectivity index (χ1) is 11.6. The van der Waals surface area contributed by atoms with Gasteiger partial charge in [0.05, 0.1) is 19.8 Å². The van der Waals surface area contributed by atoms with Crippen LogP contribution in [0.15, 0.2) is 17.5 Å². The Kier molecular flexibility index (Phi) is 6.21. The molecule has 24 heavy (non-hydrogen) atoms. The van der Waals surface area contributed by atoms with E-state index in [1.165, 1.54) is 4.88 Å². The van der Waals surface area contributed by atoms with Gasteiger partial charge in [-0.15, -0.1) is 11.3 Å². The Morgan fingerprint density at radius 3 is 2.96 bits per heavy atom. The number of thiophene rings is 1. The first-order valence-corrected chi connectivity index (χ1v) is 9.44. The quantitative estimate of drug-likeness (QED) is 0.774. The van der Waals surface area contributed by atoms with E-state index in [1.54, 1.807) is 16.2 Å². The van der Waals surface area contributed by atoms with Crippen LogP contribution >= 0.6 is 11.3 Å². The van der Waals surface area contributed by atoms with E-state index < -0.39 is 6.17 Å². The number of hydrogen-bond acceptors (Lipinski definition) is 5. The fraction of sp³-hybridized carbons (Fsp3) is 0.706. The third-order valence-corrected chi connectivity index (χ3v) is 5.65. The highest BCUT2D eigenvalue weighted by molar-refractivity contribution is 7.09. The fourth-order valence-electron chi connectivity index (χ4n) is 3.40. The SMILES string of the molecule is CN(C[C@@H]1C[C@H](F)CN1Cc1cccs1)C(=O)CN1CCOCC1. The third-order valence-electron chi connectivity index (χ3n) is 4.79. The minimum absolute atomic E-state index is 0.0979. The maximum atomic E-state index is 13.9. The average Bonchev–Trinajstić information content (AvgIpc) is 3.19. The molecule has 0 unspecified atom stereocenters. The summed E-state index contributed by atoms with van der Waals surface area (Å²) >= 11 is 1.70. The molecule has 2 saturated heterocycles. The molecule has 3 rings (SSSR count). The fourth-order valence-corrected chi connectivity index (χ4v) is 4.13. The summed E-state index contributed by atoms with van der Waals surface area (Å²) in [7, 11) is 1.83. The van der Waals surface area contributed by atoms with Crippen LogP contribution < -0.4 is 0 Å². The first-order valence-electron chi connectivity index (χ1n) is 8.56. The van der Waals surface area contributed by atoms with Crippen molar-refractivity contribution in [2.24, 2.45) is 0 Å². The van der Waals surface area contributed by atoms with Crippen molar-refractivity contribution < 1.29 is 13.9 Å². The van der Waals surface area contributed by atoms with Crippen LogP contribution in [0.5, 0.6) is 0 Å². The number of carbonyl (C=O) groups excluding carboxylic acids is 1. The number of likely N-dealkylation sites (N-methyl/N-ethyl adjacent to an activating group) is 1. The van der Waals surface area contributed by atoms with Crippen molar-refractivity contribution in [2.45, 2.75) is 25.2 Å². The monoisotopic (exact) mass is 355 g/mol. The van der Waals surface area contributed by atoms with Crippen LogP contribution in [0.4, 0.5) is 4.39 Å². The molecule has 3 heterocycles. The van der Waals surface area contributed by atoms with Gasteiger partial charge in [0.1, 0.15) is 6.17 Å². The van der Waals surface area contributed by atoms with E-state index in [0.29, 0.717) is 39.3 Å². The lowest BCUT2D eigenvalue weighted by molar-refractivity contribution is -0.132. The predicted molar refractivity (Wildman–Crippen MR) is 92.9 cm³/mol. The van der Waals surface area contributed by atoms with Crippen LogP contribution in [0.3, 0.4) is 0 Å². The van der Waals surface area contributed by atoms with Crippen molar-refractivity contribution in [3.63, 3.8) is 0 Å². The minimum atomic E-state index is -0.794. The lowest BCUT2D eigenvalue weighted by Crippen LogP contribution is -2.46. The van der Waals surface area contributed by atoms with E-state index in [2.05, 4.69) is 15.9 Å². The summed E-state index contributed by atoms with van der Waals surface area (Å²) in [5.74, 6) is 0.107. The molecule has 0 radical (unpaired) electrons. The van der Waals surface area contributed by atoms with Gasteiger partial charge in [-0.05, 0) is 17.9 Å². The van der Waals surface area contributed by atoms with E-state index in [1.807, 2.05) is 18.5 Å². The maximum Gasteiger partial charge on any atom is 0.236 e. The highest BCUT2D eigenvalue weighted by Crippen LogP contribution is 2.24. The van der Waals surface area contributed by atoms with Crippen molar-refractivity contribution in [3.8, 4) is 0 Å². The molecule has 2 fully saturated rings. The first kappa shape index (κ1) is 17.8. The van der Waals surface area contributed by atoms with Gasteiger partial charge in [-0.1, -0.05) is 6.07 Å². The molecule has 0 N–H and O–H groups in total. The highest BCUT2D eigenvalue weighted by atomic mass is 32.1. The number of alkyl halides is 1. The molecule has 5 nitrogen and oxygen atoms in total. The topological polar surface area (TPSA) is 36.0 Å². The van der Waals surface area contributed by atoms with Crippen LogP contribution in [0.25, 0.3) is 0 Å². The van der Waals surface area contributed by atoms with E-state index in [-0.39, 0.29) is 11.9 Å². The average molecular weight is 355 g/mol. The van der Waals surface area contributed by atoms with Crippen LogP contribution in [0.2, 0.25) is 0 Å². The smallest absolute Gasteiger partial charge is 0.236 e. The van der Waals surface area contributed by atoms with E-state index in [4.69, 9.17) is 4.74 Å². The summed E-state index contributed by atoms with van der Waals surface area (Å²) in [5, 5.41) is 2.05. The number of morpholine rings is 1. The van der Waals surface area contributed by atoms with Crippen molar-refractivity contribution in [1.29, 1.82) is 0 Å². The second-order valence-electron chi connectivity index (χ2n) is 6.66. The van der Waals surface area contributed by atoms with E-state index in [0.717, 1.165) is 19.6 Å². The van der Waals surface area contributed by atoms with Gasteiger partial charge in [0.25, 0.3) is 0 Å².